The van der Waals surface area contributed by atoms with E-state index in [0.717, 1.165) is 4.31 Å². The molecule has 1 amide bonds. The Bertz CT molecular complexity index is 1580. The van der Waals surface area contributed by atoms with Crippen LogP contribution >= 0.6 is 34.5 Å². The maximum absolute atomic E-state index is 15.1. The Morgan fingerprint density at radius 1 is 1.17 bits per heavy atom. The molecule has 2 aliphatic rings. The maximum Gasteiger partial charge on any atom is 0.306 e. The van der Waals surface area contributed by atoms with Crippen LogP contribution in [0.25, 0.3) is 0 Å². The minimum absolute atomic E-state index is 0.104. The number of carboxylic acids is 1. The number of halogens is 3. The number of anilines is 1. The summed E-state index contributed by atoms with van der Waals surface area (Å²) in [6.45, 7) is 1.56. The number of nitrogens with zero attached hydrogens (tertiary/aromatic N) is 2. The molecule has 2 aromatic carbocycles. The van der Waals surface area contributed by atoms with Crippen molar-refractivity contribution in [3.8, 4) is 0 Å². The van der Waals surface area contributed by atoms with Gasteiger partial charge in [0.1, 0.15) is 18.0 Å². The number of sulfonamides is 1. The summed E-state index contributed by atoms with van der Waals surface area (Å²) in [4.78, 5) is 28.1. The molecule has 0 radical (unpaired) electrons. The summed E-state index contributed by atoms with van der Waals surface area (Å²) in [5, 5.41) is 9.42. The Morgan fingerprint density at radius 2 is 1.90 bits per heavy atom. The maximum atomic E-state index is 15.1. The fourth-order valence-corrected chi connectivity index (χ4v) is 8.60. The first-order chi connectivity index (χ1) is 20.0. The molecule has 0 bridgehead atoms. The van der Waals surface area contributed by atoms with Gasteiger partial charge < -0.3 is 14.7 Å². The summed E-state index contributed by atoms with van der Waals surface area (Å²) >= 11 is 13.9. The van der Waals surface area contributed by atoms with E-state index in [1.807, 2.05) is 0 Å². The van der Waals surface area contributed by atoms with Crippen molar-refractivity contribution in [2.24, 2.45) is 0 Å². The van der Waals surface area contributed by atoms with Crippen molar-refractivity contribution in [2.75, 3.05) is 10.8 Å². The second-order valence-corrected chi connectivity index (χ2v) is 14.6. The number of morpholine rings is 1. The number of hydrogen-bond donors (Lipinski definition) is 1. The zero-order valence-electron chi connectivity index (χ0n) is 22.5. The molecule has 1 saturated heterocycles. The molecule has 5 rings (SSSR count). The summed E-state index contributed by atoms with van der Waals surface area (Å²) < 4.78 is 50.2. The van der Waals surface area contributed by atoms with E-state index >= 15 is 4.39 Å². The van der Waals surface area contributed by atoms with Gasteiger partial charge >= 0.3 is 5.97 Å². The van der Waals surface area contributed by atoms with Crippen molar-refractivity contribution < 1.29 is 32.2 Å². The Balaban J connectivity index is 1.64. The topological polar surface area (TPSA) is 104 Å². The largest absolute Gasteiger partial charge is 0.481 e. The van der Waals surface area contributed by atoms with Crippen LogP contribution in [-0.4, -0.2) is 54.2 Å². The number of benzene rings is 2. The summed E-state index contributed by atoms with van der Waals surface area (Å²) in [5.74, 6) is -2.53. The number of aliphatic carboxylic acids is 1. The standard InChI is InChI=1S/C29H29Cl2FN2O6S2/c1-2-19(16-33(42(38,39)20-10-11-20)22-9-4-3-8-21(22)32)34-27(24-12-13-25(31)41-24)28(17-6-5-7-18(30)14-17)40-23(29(34)37)15-26(35)36/h3-9,12-14,19-20,23,27-28H,2,10-11,15-16H2,1H3,(H,35,36)/t19-,23+,27+,28+/m0/s1. The van der Waals surface area contributed by atoms with Gasteiger partial charge in [0.25, 0.3) is 5.91 Å². The summed E-state index contributed by atoms with van der Waals surface area (Å²) in [6, 6.07) is 14.4. The molecule has 1 aliphatic carbocycles. The lowest BCUT2D eigenvalue weighted by molar-refractivity contribution is -0.182. The van der Waals surface area contributed by atoms with Crippen LogP contribution in [0.3, 0.4) is 0 Å². The summed E-state index contributed by atoms with van der Waals surface area (Å²) in [7, 11) is -3.95. The third kappa shape index (κ3) is 6.30. The molecular formula is C29H29Cl2FN2O6S2. The zero-order chi connectivity index (χ0) is 30.2. The molecule has 224 valence electrons. The van der Waals surface area contributed by atoms with E-state index in [1.165, 1.54) is 34.4 Å². The highest BCUT2D eigenvalue weighted by atomic mass is 35.5. The average molecular weight is 656 g/mol. The van der Waals surface area contributed by atoms with Gasteiger partial charge in [-0.05, 0) is 61.2 Å². The van der Waals surface area contributed by atoms with E-state index in [1.54, 1.807) is 49.4 Å². The minimum Gasteiger partial charge on any atom is -0.481 e. The fourth-order valence-electron chi connectivity index (χ4n) is 5.32. The van der Waals surface area contributed by atoms with Crippen molar-refractivity contribution in [2.45, 2.75) is 62.1 Å². The lowest BCUT2D eigenvalue weighted by Gasteiger charge is -2.48. The van der Waals surface area contributed by atoms with Crippen LogP contribution < -0.4 is 4.31 Å². The van der Waals surface area contributed by atoms with Gasteiger partial charge in [-0.25, -0.2) is 12.8 Å². The Labute approximate surface area is 257 Å². The number of ether oxygens (including phenoxy) is 1. The molecule has 1 saturated carbocycles. The van der Waals surface area contributed by atoms with E-state index in [2.05, 4.69) is 0 Å². The number of rotatable bonds is 11. The number of carbonyl (C=O) groups is 2. The number of thiophene rings is 1. The first-order valence-electron chi connectivity index (χ1n) is 13.5. The van der Waals surface area contributed by atoms with Crippen molar-refractivity contribution in [3.05, 3.63) is 86.3 Å². The van der Waals surface area contributed by atoms with Gasteiger partial charge in [-0.1, -0.05) is 54.4 Å². The third-order valence-electron chi connectivity index (χ3n) is 7.47. The van der Waals surface area contributed by atoms with E-state index in [4.69, 9.17) is 27.9 Å². The Morgan fingerprint density at radius 3 is 2.50 bits per heavy atom. The number of hydrogen-bond acceptors (Lipinski definition) is 6. The van der Waals surface area contributed by atoms with Gasteiger partial charge in [0.2, 0.25) is 10.0 Å². The minimum atomic E-state index is -3.95. The van der Waals surface area contributed by atoms with E-state index in [-0.39, 0.29) is 18.7 Å². The van der Waals surface area contributed by atoms with Gasteiger partial charge in [0, 0.05) is 9.90 Å². The predicted molar refractivity (Wildman–Crippen MR) is 160 cm³/mol. The number of carbonyl (C=O) groups excluding carboxylic acids is 1. The van der Waals surface area contributed by atoms with Crippen molar-refractivity contribution in [3.63, 3.8) is 0 Å². The van der Waals surface area contributed by atoms with Crippen molar-refractivity contribution in [1.29, 1.82) is 0 Å². The number of para-hydroxylation sites is 1. The molecule has 2 fully saturated rings. The summed E-state index contributed by atoms with van der Waals surface area (Å²) in [5.41, 5.74) is 0.504. The van der Waals surface area contributed by atoms with Crippen LogP contribution in [0.1, 0.15) is 55.2 Å². The molecule has 0 spiro atoms. The first kappa shape index (κ1) is 30.7. The Hall–Kier alpha value is -2.70. The van der Waals surface area contributed by atoms with Gasteiger partial charge in [0.15, 0.2) is 0 Å². The van der Waals surface area contributed by atoms with E-state index in [9.17, 15) is 23.1 Å². The smallest absolute Gasteiger partial charge is 0.306 e. The normalized spacial score (nSPS) is 21.8. The zero-order valence-corrected chi connectivity index (χ0v) is 25.7. The van der Waals surface area contributed by atoms with Crippen molar-refractivity contribution in [1.82, 2.24) is 4.90 Å². The highest BCUT2D eigenvalue weighted by Crippen LogP contribution is 2.47. The third-order valence-corrected chi connectivity index (χ3v) is 11.3. The molecule has 1 N–H and O–H groups in total. The second-order valence-electron chi connectivity index (χ2n) is 10.3. The number of amides is 1. The molecule has 4 atom stereocenters. The van der Waals surface area contributed by atoms with Crippen molar-refractivity contribution >= 4 is 62.1 Å². The van der Waals surface area contributed by atoms with Crippen LogP contribution in [-0.2, 0) is 24.3 Å². The molecule has 1 aromatic heterocycles. The highest BCUT2D eigenvalue weighted by Gasteiger charge is 2.49. The van der Waals surface area contributed by atoms with Crippen LogP contribution in [0.2, 0.25) is 9.36 Å². The van der Waals surface area contributed by atoms with Crippen LogP contribution in [0.5, 0.6) is 0 Å². The number of carboxylic acid groups (broad SMARTS) is 1. The van der Waals surface area contributed by atoms with E-state index in [0.29, 0.717) is 32.6 Å². The molecule has 2 heterocycles. The van der Waals surface area contributed by atoms with Gasteiger partial charge in [-0.3, -0.25) is 13.9 Å². The van der Waals surface area contributed by atoms with Crippen LogP contribution in [0, 0.1) is 5.82 Å². The predicted octanol–water partition coefficient (Wildman–Crippen LogP) is 6.46. The molecule has 8 nitrogen and oxygen atoms in total. The molecule has 13 heteroatoms. The van der Waals surface area contributed by atoms with Crippen LogP contribution in [0.15, 0.2) is 60.7 Å². The van der Waals surface area contributed by atoms with E-state index < -0.39 is 63.7 Å². The SMILES string of the molecule is CC[C@@H](CN(c1ccccc1F)S(=O)(=O)C1CC1)N1C(=O)[C@@H](CC(=O)O)O[C@H](c2cccc(Cl)c2)[C@H]1c1ccc(Cl)s1. The Kier molecular flexibility index (Phi) is 9.15. The monoisotopic (exact) mass is 654 g/mol. The quantitative estimate of drug-likeness (QED) is 0.255. The fraction of sp³-hybridized carbons (Fsp3) is 0.379. The highest BCUT2D eigenvalue weighted by molar-refractivity contribution is 7.93. The summed E-state index contributed by atoms with van der Waals surface area (Å²) in [6.07, 6.45) is -1.58. The lowest BCUT2D eigenvalue weighted by atomic mass is 9.93. The first-order valence-corrected chi connectivity index (χ1v) is 16.5. The van der Waals surface area contributed by atoms with Gasteiger partial charge in [-0.2, -0.15) is 0 Å². The molecule has 0 unspecified atom stereocenters. The molecule has 1 aliphatic heterocycles. The molecule has 42 heavy (non-hydrogen) atoms. The molecular weight excluding hydrogens is 626 g/mol. The second kappa shape index (κ2) is 12.5. The van der Waals surface area contributed by atoms with Gasteiger partial charge in [0.05, 0.1) is 40.3 Å². The van der Waals surface area contributed by atoms with Crippen LogP contribution in [0.4, 0.5) is 10.1 Å². The lowest BCUT2D eigenvalue weighted by Crippen LogP contribution is -2.58. The van der Waals surface area contributed by atoms with Gasteiger partial charge in [-0.15, -0.1) is 11.3 Å². The average Bonchev–Trinajstić information content (AvgIpc) is 3.73. The molecule has 3 aromatic rings.